The summed E-state index contributed by atoms with van der Waals surface area (Å²) in [4.78, 5) is 13.7. The lowest BCUT2D eigenvalue weighted by Crippen LogP contribution is -2.31. The molecule has 0 aliphatic carbocycles. The maximum absolute atomic E-state index is 12.1. The third-order valence-corrected chi connectivity index (χ3v) is 3.05. The van der Waals surface area contributed by atoms with Crippen molar-refractivity contribution in [2.45, 2.75) is 13.5 Å². The molecule has 0 aliphatic rings. The maximum Gasteiger partial charge on any atom is 0.414 e. The Labute approximate surface area is 124 Å². The molecular weight excluding hydrogens is 264 g/mol. The topological polar surface area (TPSA) is 53.3 Å². The number of anilines is 1. The number of hydrogen-bond donors (Lipinski definition) is 0. The highest BCUT2D eigenvalue weighted by Crippen LogP contribution is 2.16. The number of nitriles is 1. The van der Waals surface area contributed by atoms with Gasteiger partial charge >= 0.3 is 6.09 Å². The van der Waals surface area contributed by atoms with Crippen LogP contribution in [-0.4, -0.2) is 12.6 Å². The van der Waals surface area contributed by atoms with Crippen LogP contribution < -0.4 is 4.90 Å². The molecule has 0 bridgehead atoms. The molecule has 0 heterocycles. The summed E-state index contributed by atoms with van der Waals surface area (Å²) in [5.74, 6) is 0. The largest absolute Gasteiger partial charge is 0.444 e. The fourth-order valence-electron chi connectivity index (χ4n) is 1.93. The van der Waals surface area contributed by atoms with E-state index >= 15 is 0 Å². The second kappa shape index (κ2) is 7.11. The summed E-state index contributed by atoms with van der Waals surface area (Å²) < 4.78 is 5.31. The van der Waals surface area contributed by atoms with Gasteiger partial charge in [-0.15, -0.1) is 0 Å². The van der Waals surface area contributed by atoms with Gasteiger partial charge in [-0.2, -0.15) is 5.26 Å². The summed E-state index contributed by atoms with van der Waals surface area (Å²) in [6, 6.07) is 18.4. The molecule has 0 fully saturated rings. The average Bonchev–Trinajstić information content (AvgIpc) is 2.55. The minimum atomic E-state index is -0.397. The molecule has 0 N–H and O–H groups in total. The Morgan fingerprint density at radius 3 is 2.38 bits per heavy atom. The Kier molecular flexibility index (Phi) is 4.94. The monoisotopic (exact) mass is 280 g/mol. The molecule has 1 amide bonds. The highest BCUT2D eigenvalue weighted by Gasteiger charge is 2.15. The normalized spacial score (nSPS) is 9.71. The minimum Gasteiger partial charge on any atom is -0.444 e. The van der Waals surface area contributed by atoms with Gasteiger partial charge < -0.3 is 4.74 Å². The van der Waals surface area contributed by atoms with Crippen LogP contribution in [0.5, 0.6) is 0 Å². The molecule has 0 saturated carbocycles. The van der Waals surface area contributed by atoms with E-state index in [0.717, 1.165) is 11.3 Å². The average molecular weight is 280 g/mol. The Morgan fingerprint density at radius 2 is 1.81 bits per heavy atom. The number of benzene rings is 2. The minimum absolute atomic E-state index is 0.243. The van der Waals surface area contributed by atoms with Gasteiger partial charge in [-0.3, -0.25) is 4.90 Å². The second-order valence-corrected chi connectivity index (χ2v) is 4.44. The third-order valence-electron chi connectivity index (χ3n) is 3.05. The van der Waals surface area contributed by atoms with E-state index < -0.39 is 6.09 Å². The number of amides is 1. The molecule has 2 rings (SSSR count). The van der Waals surface area contributed by atoms with Gasteiger partial charge in [-0.05, 0) is 36.8 Å². The molecule has 0 saturated heterocycles. The van der Waals surface area contributed by atoms with Gasteiger partial charge in [-0.1, -0.05) is 30.3 Å². The van der Waals surface area contributed by atoms with Crippen molar-refractivity contribution in [3.8, 4) is 6.07 Å². The quantitative estimate of drug-likeness (QED) is 0.857. The Bertz CT molecular complexity index is 630. The van der Waals surface area contributed by atoms with Gasteiger partial charge in [0.2, 0.25) is 0 Å². The van der Waals surface area contributed by atoms with Crippen molar-refractivity contribution in [1.29, 1.82) is 5.26 Å². The van der Waals surface area contributed by atoms with Gasteiger partial charge in [0, 0.05) is 12.2 Å². The summed E-state index contributed by atoms with van der Waals surface area (Å²) >= 11 is 0. The number of carbonyl (C=O) groups excluding carboxylic acids is 1. The molecule has 2 aromatic carbocycles. The number of hydrogen-bond acceptors (Lipinski definition) is 3. The van der Waals surface area contributed by atoms with Crippen molar-refractivity contribution in [2.75, 3.05) is 11.4 Å². The van der Waals surface area contributed by atoms with Crippen molar-refractivity contribution in [3.63, 3.8) is 0 Å². The van der Waals surface area contributed by atoms with E-state index in [4.69, 9.17) is 10.00 Å². The van der Waals surface area contributed by atoms with Crippen molar-refractivity contribution in [1.82, 2.24) is 0 Å². The van der Waals surface area contributed by atoms with Crippen LogP contribution in [0.3, 0.4) is 0 Å². The van der Waals surface area contributed by atoms with Crippen molar-refractivity contribution in [2.24, 2.45) is 0 Å². The molecule has 4 nitrogen and oxygen atoms in total. The highest BCUT2D eigenvalue weighted by molar-refractivity contribution is 5.87. The van der Waals surface area contributed by atoms with E-state index in [9.17, 15) is 4.79 Å². The van der Waals surface area contributed by atoms with Crippen LogP contribution in [0, 0.1) is 11.3 Å². The highest BCUT2D eigenvalue weighted by atomic mass is 16.6. The van der Waals surface area contributed by atoms with E-state index in [-0.39, 0.29) is 6.61 Å². The fraction of sp³-hybridized carbons (Fsp3) is 0.176. The molecule has 0 spiro atoms. The van der Waals surface area contributed by atoms with E-state index in [2.05, 4.69) is 6.07 Å². The van der Waals surface area contributed by atoms with Gasteiger partial charge in [0.05, 0.1) is 11.6 Å². The molecule has 0 aliphatic heterocycles. The predicted octanol–water partition coefficient (Wildman–Crippen LogP) is 3.72. The maximum atomic E-state index is 12.1. The number of rotatable bonds is 4. The van der Waals surface area contributed by atoms with Gasteiger partial charge in [0.25, 0.3) is 0 Å². The molecule has 106 valence electrons. The first-order valence-corrected chi connectivity index (χ1v) is 6.73. The van der Waals surface area contributed by atoms with Crippen molar-refractivity contribution in [3.05, 3.63) is 65.7 Å². The third kappa shape index (κ3) is 3.83. The van der Waals surface area contributed by atoms with Crippen molar-refractivity contribution >= 4 is 11.8 Å². The Hall–Kier alpha value is -2.80. The van der Waals surface area contributed by atoms with E-state index in [1.165, 1.54) is 4.90 Å². The summed E-state index contributed by atoms with van der Waals surface area (Å²) in [7, 11) is 0. The first-order chi connectivity index (χ1) is 10.2. The van der Waals surface area contributed by atoms with Gasteiger partial charge in [0.15, 0.2) is 0 Å². The lowest BCUT2D eigenvalue weighted by Gasteiger charge is -2.20. The Balaban J connectivity index is 2.02. The summed E-state index contributed by atoms with van der Waals surface area (Å²) in [5, 5.41) is 8.79. The lowest BCUT2D eigenvalue weighted by atomic mass is 10.2. The molecule has 0 atom stereocenters. The number of nitrogens with zero attached hydrogens (tertiary/aromatic N) is 2. The standard InChI is InChI=1S/C17H16N2O2/c1-2-19(16-10-8-14(12-18)9-11-16)17(20)21-13-15-6-4-3-5-7-15/h3-11H,2,13H2,1H3. The first kappa shape index (κ1) is 14.6. The van der Waals surface area contributed by atoms with Crippen LogP contribution in [0.15, 0.2) is 54.6 Å². The predicted molar refractivity (Wildman–Crippen MR) is 80.8 cm³/mol. The molecule has 21 heavy (non-hydrogen) atoms. The first-order valence-electron chi connectivity index (χ1n) is 6.73. The zero-order valence-electron chi connectivity index (χ0n) is 11.8. The van der Waals surface area contributed by atoms with E-state index in [1.807, 2.05) is 37.3 Å². The molecule has 2 aromatic rings. The second-order valence-electron chi connectivity index (χ2n) is 4.44. The smallest absolute Gasteiger partial charge is 0.414 e. The molecule has 0 aromatic heterocycles. The summed E-state index contributed by atoms with van der Waals surface area (Å²) in [5.41, 5.74) is 2.23. The molecule has 4 heteroatoms. The van der Waals surface area contributed by atoms with Gasteiger partial charge in [-0.25, -0.2) is 4.79 Å². The van der Waals surface area contributed by atoms with Crippen LogP contribution in [-0.2, 0) is 11.3 Å². The zero-order valence-corrected chi connectivity index (χ0v) is 11.8. The van der Waals surface area contributed by atoms with Crippen LogP contribution in [0.4, 0.5) is 10.5 Å². The van der Waals surface area contributed by atoms with Gasteiger partial charge in [0.1, 0.15) is 6.61 Å². The van der Waals surface area contributed by atoms with E-state index in [1.54, 1.807) is 24.3 Å². The van der Waals surface area contributed by atoms with Crippen LogP contribution >= 0.6 is 0 Å². The molecular formula is C17H16N2O2. The zero-order chi connectivity index (χ0) is 15.1. The Morgan fingerprint density at radius 1 is 1.14 bits per heavy atom. The summed E-state index contributed by atoms with van der Waals surface area (Å²) in [6.07, 6.45) is -0.397. The fourth-order valence-corrected chi connectivity index (χ4v) is 1.93. The lowest BCUT2D eigenvalue weighted by molar-refractivity contribution is 0.147. The van der Waals surface area contributed by atoms with Crippen LogP contribution in [0.1, 0.15) is 18.1 Å². The molecule has 0 unspecified atom stereocenters. The number of carbonyl (C=O) groups is 1. The van der Waals surface area contributed by atoms with Crippen LogP contribution in [0.25, 0.3) is 0 Å². The SMILES string of the molecule is CCN(C(=O)OCc1ccccc1)c1ccc(C#N)cc1. The summed E-state index contributed by atoms with van der Waals surface area (Å²) in [6.45, 7) is 2.62. The molecule has 0 radical (unpaired) electrons. The van der Waals surface area contributed by atoms with Crippen molar-refractivity contribution < 1.29 is 9.53 Å². The number of ether oxygens (including phenoxy) is 1. The van der Waals surface area contributed by atoms with E-state index in [0.29, 0.717) is 12.1 Å². The van der Waals surface area contributed by atoms with Crippen LogP contribution in [0.2, 0.25) is 0 Å².